The van der Waals surface area contributed by atoms with Gasteiger partial charge in [0.25, 0.3) is 5.91 Å². The summed E-state index contributed by atoms with van der Waals surface area (Å²) < 4.78 is 11.7. The molecule has 0 aliphatic carbocycles. The maximum atomic E-state index is 13.2. The Kier molecular flexibility index (Phi) is 5.57. The van der Waals surface area contributed by atoms with Crippen molar-refractivity contribution in [1.82, 2.24) is 4.90 Å². The van der Waals surface area contributed by atoms with Crippen LogP contribution in [0.15, 0.2) is 78.9 Å². The summed E-state index contributed by atoms with van der Waals surface area (Å²) in [5.74, 6) is 0.649. The van der Waals surface area contributed by atoms with Crippen molar-refractivity contribution in [3.05, 3.63) is 101 Å². The first kappa shape index (κ1) is 20.1. The molecule has 0 fully saturated rings. The number of rotatable bonds is 7. The molecule has 0 saturated heterocycles. The number of aliphatic hydroxyl groups is 1. The molecule has 2 unspecified atom stereocenters. The summed E-state index contributed by atoms with van der Waals surface area (Å²) >= 11 is 0. The van der Waals surface area contributed by atoms with Crippen LogP contribution < -0.4 is 4.74 Å². The Labute approximate surface area is 176 Å². The van der Waals surface area contributed by atoms with Gasteiger partial charge in [-0.25, -0.2) is 0 Å². The Morgan fingerprint density at radius 2 is 1.63 bits per heavy atom. The van der Waals surface area contributed by atoms with Crippen molar-refractivity contribution in [1.29, 1.82) is 0 Å². The first-order valence-electron chi connectivity index (χ1n) is 10.0. The van der Waals surface area contributed by atoms with Crippen LogP contribution in [0.5, 0.6) is 5.75 Å². The Bertz CT molecular complexity index is 1020. The van der Waals surface area contributed by atoms with E-state index < -0.39 is 11.8 Å². The number of nitrogens with zero attached hydrogens (tertiary/aromatic N) is 1. The minimum absolute atomic E-state index is 0.0271. The smallest absolute Gasteiger partial charge is 0.257 e. The molecular weight excluding hydrogens is 378 g/mol. The number of amides is 1. The van der Waals surface area contributed by atoms with Crippen LogP contribution in [0, 0.1) is 0 Å². The van der Waals surface area contributed by atoms with E-state index >= 15 is 0 Å². The summed E-state index contributed by atoms with van der Waals surface area (Å²) in [5, 5.41) is 10.8. The van der Waals surface area contributed by atoms with Crippen LogP contribution in [0.1, 0.15) is 40.1 Å². The Hall–Kier alpha value is -3.15. The van der Waals surface area contributed by atoms with E-state index in [0.717, 1.165) is 22.4 Å². The highest BCUT2D eigenvalue weighted by atomic mass is 16.5. The van der Waals surface area contributed by atoms with Gasteiger partial charge in [-0.1, -0.05) is 60.7 Å². The molecular formula is C25H25NO4. The van der Waals surface area contributed by atoms with Gasteiger partial charge in [0.05, 0.1) is 13.7 Å². The molecule has 0 radical (unpaired) electrons. The second-order valence-corrected chi connectivity index (χ2v) is 7.21. The fourth-order valence-corrected chi connectivity index (χ4v) is 4.10. The Morgan fingerprint density at radius 1 is 0.967 bits per heavy atom. The summed E-state index contributed by atoms with van der Waals surface area (Å²) in [6, 6.07) is 24.5. The van der Waals surface area contributed by atoms with Gasteiger partial charge in [-0.3, -0.25) is 4.79 Å². The van der Waals surface area contributed by atoms with Gasteiger partial charge in [-0.05, 0) is 30.7 Å². The first-order valence-corrected chi connectivity index (χ1v) is 10.0. The zero-order chi connectivity index (χ0) is 21.1. The summed E-state index contributed by atoms with van der Waals surface area (Å²) in [6.45, 7) is 2.44. The molecule has 0 spiro atoms. The molecule has 0 bridgehead atoms. The van der Waals surface area contributed by atoms with Gasteiger partial charge in [-0.2, -0.15) is 0 Å². The van der Waals surface area contributed by atoms with Crippen LogP contribution in [0.25, 0.3) is 0 Å². The standard InChI is InChI=1S/C25H25NO4/c1-3-26-24(28)21-11-7-8-12-22(21)25(26,19-9-5-4-6-10-19)30-17-23(27)18-13-15-20(29-2)16-14-18/h4-16,23,27H,3,17H2,1-2H3. The normalized spacial score (nSPS) is 18.9. The Morgan fingerprint density at radius 3 is 2.30 bits per heavy atom. The zero-order valence-electron chi connectivity index (χ0n) is 17.1. The molecule has 1 amide bonds. The fraction of sp³-hybridized carbons (Fsp3) is 0.240. The number of benzene rings is 3. The van der Waals surface area contributed by atoms with Gasteiger partial charge < -0.3 is 19.5 Å². The van der Waals surface area contributed by atoms with Crippen molar-refractivity contribution in [2.24, 2.45) is 0 Å². The van der Waals surface area contributed by atoms with Crippen molar-refractivity contribution in [2.75, 3.05) is 20.3 Å². The minimum atomic E-state index is -1.09. The van der Waals surface area contributed by atoms with E-state index in [1.165, 1.54) is 0 Å². The lowest BCUT2D eigenvalue weighted by atomic mass is 9.93. The quantitative estimate of drug-likeness (QED) is 0.645. The molecule has 154 valence electrons. The van der Waals surface area contributed by atoms with E-state index in [4.69, 9.17) is 9.47 Å². The van der Waals surface area contributed by atoms with Crippen LogP contribution in [-0.2, 0) is 10.5 Å². The van der Waals surface area contributed by atoms with E-state index in [9.17, 15) is 9.90 Å². The molecule has 5 heteroatoms. The lowest BCUT2D eigenvalue weighted by Gasteiger charge is -2.39. The number of ether oxygens (including phenoxy) is 2. The first-order chi connectivity index (χ1) is 14.6. The van der Waals surface area contributed by atoms with E-state index in [1.807, 2.05) is 73.7 Å². The SMILES string of the molecule is CCN1C(=O)c2ccccc2C1(OCC(O)c1ccc(OC)cc1)c1ccccc1. The number of methoxy groups -OCH3 is 1. The third kappa shape index (κ3) is 3.26. The number of aliphatic hydroxyl groups excluding tert-OH is 1. The molecule has 5 nitrogen and oxygen atoms in total. The maximum Gasteiger partial charge on any atom is 0.257 e. The van der Waals surface area contributed by atoms with Crippen LogP contribution in [0.2, 0.25) is 0 Å². The predicted molar refractivity (Wildman–Crippen MR) is 114 cm³/mol. The highest BCUT2D eigenvalue weighted by Crippen LogP contribution is 2.45. The van der Waals surface area contributed by atoms with E-state index in [2.05, 4.69) is 0 Å². The molecule has 1 aliphatic rings. The summed E-state index contributed by atoms with van der Waals surface area (Å²) in [5.41, 5.74) is 1.91. The number of carbonyl (C=O) groups excluding carboxylic acids is 1. The van der Waals surface area contributed by atoms with Gasteiger partial charge in [0.15, 0.2) is 5.72 Å². The number of hydrogen-bond acceptors (Lipinski definition) is 4. The van der Waals surface area contributed by atoms with E-state index in [-0.39, 0.29) is 12.5 Å². The Balaban J connectivity index is 1.73. The van der Waals surface area contributed by atoms with Crippen LogP contribution >= 0.6 is 0 Å². The van der Waals surface area contributed by atoms with Crippen molar-refractivity contribution < 1.29 is 19.4 Å². The van der Waals surface area contributed by atoms with Gasteiger partial charge >= 0.3 is 0 Å². The lowest BCUT2D eigenvalue weighted by Crippen LogP contribution is -2.47. The lowest BCUT2D eigenvalue weighted by molar-refractivity contribution is -0.129. The van der Waals surface area contributed by atoms with Crippen molar-refractivity contribution >= 4 is 5.91 Å². The second-order valence-electron chi connectivity index (χ2n) is 7.21. The number of fused-ring (bicyclic) bond motifs is 1. The van der Waals surface area contributed by atoms with Crippen LogP contribution in [0.3, 0.4) is 0 Å². The molecule has 1 aliphatic heterocycles. The third-order valence-corrected chi connectivity index (χ3v) is 5.58. The van der Waals surface area contributed by atoms with Crippen molar-refractivity contribution in [3.8, 4) is 5.75 Å². The highest BCUT2D eigenvalue weighted by Gasteiger charge is 2.51. The molecule has 3 aromatic rings. The predicted octanol–water partition coefficient (Wildman–Crippen LogP) is 4.12. The molecule has 0 saturated carbocycles. The number of carbonyl (C=O) groups is 1. The minimum Gasteiger partial charge on any atom is -0.497 e. The van der Waals surface area contributed by atoms with Gasteiger partial charge in [0, 0.05) is 23.2 Å². The van der Waals surface area contributed by atoms with E-state index in [0.29, 0.717) is 12.1 Å². The van der Waals surface area contributed by atoms with Crippen LogP contribution in [0.4, 0.5) is 0 Å². The molecule has 2 atom stereocenters. The average molecular weight is 403 g/mol. The molecule has 30 heavy (non-hydrogen) atoms. The van der Waals surface area contributed by atoms with Crippen molar-refractivity contribution in [3.63, 3.8) is 0 Å². The molecule has 1 N–H and O–H groups in total. The topological polar surface area (TPSA) is 59.0 Å². The van der Waals surface area contributed by atoms with Crippen LogP contribution in [-0.4, -0.2) is 36.2 Å². The monoisotopic (exact) mass is 403 g/mol. The number of hydrogen-bond donors (Lipinski definition) is 1. The molecule has 4 rings (SSSR count). The van der Waals surface area contributed by atoms with Gasteiger partial charge in [0.2, 0.25) is 0 Å². The van der Waals surface area contributed by atoms with E-state index in [1.54, 1.807) is 24.1 Å². The zero-order valence-corrected chi connectivity index (χ0v) is 17.1. The van der Waals surface area contributed by atoms with Crippen molar-refractivity contribution in [2.45, 2.75) is 18.8 Å². The summed E-state index contributed by atoms with van der Waals surface area (Å²) in [6.07, 6.45) is -0.849. The van der Waals surface area contributed by atoms with Gasteiger partial charge in [0.1, 0.15) is 11.9 Å². The molecule has 3 aromatic carbocycles. The maximum absolute atomic E-state index is 13.2. The van der Waals surface area contributed by atoms with Gasteiger partial charge in [-0.15, -0.1) is 0 Å². The summed E-state index contributed by atoms with van der Waals surface area (Å²) in [4.78, 5) is 14.9. The largest absolute Gasteiger partial charge is 0.497 e. The summed E-state index contributed by atoms with van der Waals surface area (Å²) in [7, 11) is 1.60. The average Bonchev–Trinajstić information content (AvgIpc) is 3.06. The highest BCUT2D eigenvalue weighted by molar-refractivity contribution is 6.00. The molecule has 1 heterocycles. The fourth-order valence-electron chi connectivity index (χ4n) is 4.10. The molecule has 0 aromatic heterocycles. The third-order valence-electron chi connectivity index (χ3n) is 5.58. The second kappa shape index (κ2) is 8.30.